The lowest BCUT2D eigenvalue weighted by atomic mass is 10.1. The molecule has 2 aromatic carbocycles. The van der Waals surface area contributed by atoms with Gasteiger partial charge in [0.05, 0.1) is 0 Å². The van der Waals surface area contributed by atoms with E-state index in [1.165, 1.54) is 12.1 Å². The second-order valence-corrected chi connectivity index (χ2v) is 5.17. The maximum atomic E-state index is 12.9. The molecule has 0 bridgehead atoms. The number of nitrogens with one attached hydrogen (secondary N) is 1. The summed E-state index contributed by atoms with van der Waals surface area (Å²) in [6.45, 7) is 2.45. The molecule has 0 saturated carbocycles. The van der Waals surface area contributed by atoms with Gasteiger partial charge in [-0.15, -0.1) is 8.78 Å². The highest BCUT2D eigenvalue weighted by atomic mass is 35.5. The third-order valence-electron chi connectivity index (χ3n) is 3.13. The van der Waals surface area contributed by atoms with Crippen molar-refractivity contribution >= 4 is 17.3 Å². The van der Waals surface area contributed by atoms with Gasteiger partial charge in [-0.2, -0.15) is 0 Å². The highest BCUT2D eigenvalue weighted by molar-refractivity contribution is 6.31. The van der Waals surface area contributed by atoms with Gasteiger partial charge in [-0.1, -0.05) is 23.7 Å². The van der Waals surface area contributed by atoms with Crippen LogP contribution in [0.1, 0.15) is 11.1 Å². The molecule has 0 radical (unpaired) electrons. The van der Waals surface area contributed by atoms with Crippen molar-refractivity contribution < 1.29 is 18.3 Å². The van der Waals surface area contributed by atoms with E-state index >= 15 is 0 Å². The Morgan fingerprint density at radius 1 is 1.10 bits per heavy atom. The molecule has 0 atom stereocenters. The summed E-state index contributed by atoms with van der Waals surface area (Å²) in [5, 5.41) is 3.82. The fourth-order valence-corrected chi connectivity index (χ4v) is 2.21. The number of aryl methyl sites for hydroxylation is 1. The number of anilines is 1. The zero-order valence-corrected chi connectivity index (χ0v) is 11.9. The second-order valence-electron chi connectivity index (χ2n) is 4.77. The average molecular weight is 312 g/mol. The van der Waals surface area contributed by atoms with E-state index in [0.29, 0.717) is 17.3 Å². The number of hydrogen-bond acceptors (Lipinski definition) is 3. The van der Waals surface area contributed by atoms with Gasteiger partial charge in [0.15, 0.2) is 11.5 Å². The molecule has 3 rings (SSSR count). The summed E-state index contributed by atoms with van der Waals surface area (Å²) in [5.74, 6) is 0.0517. The molecule has 0 spiro atoms. The highest BCUT2D eigenvalue weighted by Gasteiger charge is 2.43. The Kier molecular flexibility index (Phi) is 3.37. The summed E-state index contributed by atoms with van der Waals surface area (Å²) in [4.78, 5) is 0. The van der Waals surface area contributed by atoms with E-state index in [2.05, 4.69) is 14.8 Å². The largest absolute Gasteiger partial charge is 0.586 e. The maximum absolute atomic E-state index is 12.9. The van der Waals surface area contributed by atoms with Crippen molar-refractivity contribution in [2.75, 3.05) is 5.32 Å². The van der Waals surface area contributed by atoms with Crippen molar-refractivity contribution in [1.82, 2.24) is 0 Å². The third-order valence-corrected chi connectivity index (χ3v) is 3.54. The van der Waals surface area contributed by atoms with Crippen molar-refractivity contribution in [3.63, 3.8) is 0 Å². The van der Waals surface area contributed by atoms with Gasteiger partial charge in [0.2, 0.25) is 0 Å². The number of rotatable bonds is 3. The molecule has 1 heterocycles. The van der Waals surface area contributed by atoms with Crippen LogP contribution in [0.5, 0.6) is 11.5 Å². The molecule has 21 heavy (non-hydrogen) atoms. The Hall–Kier alpha value is -2.01. The molecule has 0 fully saturated rings. The first-order valence-corrected chi connectivity index (χ1v) is 6.69. The Bertz CT molecular complexity index is 691. The van der Waals surface area contributed by atoms with Crippen LogP contribution in [0.25, 0.3) is 0 Å². The van der Waals surface area contributed by atoms with Crippen LogP contribution in [0.3, 0.4) is 0 Å². The van der Waals surface area contributed by atoms with E-state index in [-0.39, 0.29) is 11.5 Å². The Morgan fingerprint density at radius 3 is 2.62 bits per heavy atom. The van der Waals surface area contributed by atoms with Crippen molar-refractivity contribution in [3.8, 4) is 11.5 Å². The number of halogens is 3. The lowest BCUT2D eigenvalue weighted by molar-refractivity contribution is -0.286. The van der Waals surface area contributed by atoms with Gasteiger partial charge in [0.25, 0.3) is 0 Å². The molecular weight excluding hydrogens is 300 g/mol. The van der Waals surface area contributed by atoms with Gasteiger partial charge >= 0.3 is 6.29 Å². The molecule has 0 amide bonds. The van der Waals surface area contributed by atoms with E-state index in [9.17, 15) is 8.78 Å². The van der Waals surface area contributed by atoms with Gasteiger partial charge in [-0.25, -0.2) is 0 Å². The predicted octanol–water partition coefficient (Wildman–Crippen LogP) is 4.58. The number of ether oxygens (including phenoxy) is 2. The molecule has 0 aliphatic carbocycles. The standard InChI is InChI=1S/C15H12ClF2NO2/c1-9-2-3-10(6-12(9)16)8-19-11-4-5-13-14(7-11)21-15(17,18)20-13/h2-7,19H,8H2,1H3. The number of alkyl halides is 2. The fourth-order valence-electron chi connectivity index (χ4n) is 2.01. The Balaban J connectivity index is 1.71. The molecular formula is C15H12ClF2NO2. The lowest BCUT2D eigenvalue weighted by Crippen LogP contribution is -2.25. The van der Waals surface area contributed by atoms with Crippen molar-refractivity contribution in [2.45, 2.75) is 19.8 Å². The molecule has 1 N–H and O–H groups in total. The zero-order valence-electron chi connectivity index (χ0n) is 11.1. The first-order valence-electron chi connectivity index (χ1n) is 6.32. The van der Waals surface area contributed by atoms with Gasteiger partial charge in [0.1, 0.15) is 0 Å². The van der Waals surface area contributed by atoms with Crippen LogP contribution < -0.4 is 14.8 Å². The summed E-state index contributed by atoms with van der Waals surface area (Å²) in [7, 11) is 0. The Labute approximate surface area is 125 Å². The average Bonchev–Trinajstić information content (AvgIpc) is 2.73. The van der Waals surface area contributed by atoms with Gasteiger partial charge < -0.3 is 14.8 Å². The van der Waals surface area contributed by atoms with Crippen LogP contribution in [0.2, 0.25) is 5.02 Å². The Morgan fingerprint density at radius 2 is 1.86 bits per heavy atom. The fraction of sp³-hybridized carbons (Fsp3) is 0.200. The monoisotopic (exact) mass is 311 g/mol. The molecule has 2 aromatic rings. The second kappa shape index (κ2) is 5.07. The molecule has 0 unspecified atom stereocenters. The third kappa shape index (κ3) is 3.03. The van der Waals surface area contributed by atoms with Crippen LogP contribution in [-0.2, 0) is 6.54 Å². The molecule has 0 saturated heterocycles. The highest BCUT2D eigenvalue weighted by Crippen LogP contribution is 2.42. The van der Waals surface area contributed by atoms with Crippen molar-refractivity contribution in [2.24, 2.45) is 0 Å². The minimum atomic E-state index is -3.59. The quantitative estimate of drug-likeness (QED) is 0.900. The number of benzene rings is 2. The topological polar surface area (TPSA) is 30.5 Å². The number of fused-ring (bicyclic) bond motifs is 1. The molecule has 1 aliphatic heterocycles. The maximum Gasteiger partial charge on any atom is 0.586 e. The summed E-state index contributed by atoms with van der Waals surface area (Å²) < 4.78 is 34.6. The molecule has 110 valence electrons. The molecule has 0 aromatic heterocycles. The smallest absolute Gasteiger partial charge is 0.395 e. The van der Waals surface area contributed by atoms with Gasteiger partial charge in [-0.3, -0.25) is 0 Å². The van der Waals surface area contributed by atoms with E-state index < -0.39 is 6.29 Å². The van der Waals surface area contributed by atoms with Crippen LogP contribution in [0.15, 0.2) is 36.4 Å². The van der Waals surface area contributed by atoms with Crippen molar-refractivity contribution in [1.29, 1.82) is 0 Å². The lowest BCUT2D eigenvalue weighted by Gasteiger charge is -2.08. The van der Waals surface area contributed by atoms with Crippen LogP contribution in [-0.4, -0.2) is 6.29 Å². The summed E-state index contributed by atoms with van der Waals surface area (Å²) in [6.07, 6.45) is -3.59. The van der Waals surface area contributed by atoms with E-state index in [1.54, 1.807) is 6.07 Å². The van der Waals surface area contributed by atoms with Crippen LogP contribution in [0.4, 0.5) is 14.5 Å². The molecule has 6 heteroatoms. The van der Waals surface area contributed by atoms with Crippen LogP contribution in [0, 0.1) is 6.92 Å². The summed E-state index contributed by atoms with van der Waals surface area (Å²) >= 11 is 6.06. The predicted molar refractivity (Wildman–Crippen MR) is 76.2 cm³/mol. The minimum Gasteiger partial charge on any atom is -0.395 e. The minimum absolute atomic E-state index is 0.0203. The first kappa shape index (κ1) is 13.9. The van der Waals surface area contributed by atoms with Gasteiger partial charge in [0, 0.05) is 23.3 Å². The van der Waals surface area contributed by atoms with E-state index in [4.69, 9.17) is 11.6 Å². The van der Waals surface area contributed by atoms with Crippen LogP contribution >= 0.6 is 11.6 Å². The van der Waals surface area contributed by atoms with E-state index in [1.807, 2.05) is 25.1 Å². The van der Waals surface area contributed by atoms with Gasteiger partial charge in [-0.05, 0) is 36.2 Å². The molecule has 3 nitrogen and oxygen atoms in total. The molecule has 1 aliphatic rings. The normalized spacial score (nSPS) is 15.0. The summed E-state index contributed by atoms with van der Waals surface area (Å²) in [6, 6.07) is 10.3. The van der Waals surface area contributed by atoms with E-state index in [0.717, 1.165) is 11.1 Å². The zero-order chi connectivity index (χ0) is 15.0. The summed E-state index contributed by atoms with van der Waals surface area (Å²) in [5.41, 5.74) is 2.66. The number of hydrogen-bond donors (Lipinski definition) is 1. The van der Waals surface area contributed by atoms with Crippen molar-refractivity contribution in [3.05, 3.63) is 52.5 Å². The SMILES string of the molecule is Cc1ccc(CNc2ccc3c(c2)OC(F)(F)O3)cc1Cl. The first-order chi connectivity index (χ1) is 9.93.